The van der Waals surface area contributed by atoms with Crippen molar-refractivity contribution < 1.29 is 14.4 Å². The van der Waals surface area contributed by atoms with Gasteiger partial charge in [0.1, 0.15) is 22.8 Å². The van der Waals surface area contributed by atoms with Gasteiger partial charge in [0.05, 0.1) is 6.54 Å². The first-order chi connectivity index (χ1) is 8.56. The molecule has 0 aliphatic carbocycles. The van der Waals surface area contributed by atoms with Gasteiger partial charge >= 0.3 is 5.97 Å². The minimum Gasteiger partial charge on any atom is -0.478 e. The van der Waals surface area contributed by atoms with Crippen molar-refractivity contribution in [2.75, 3.05) is 5.32 Å². The van der Waals surface area contributed by atoms with Crippen LogP contribution in [0.25, 0.3) is 0 Å². The van der Waals surface area contributed by atoms with E-state index in [0.29, 0.717) is 23.8 Å². The van der Waals surface area contributed by atoms with Crippen LogP contribution < -0.4 is 5.32 Å². The molecule has 0 amide bonds. The largest absolute Gasteiger partial charge is 0.478 e. The van der Waals surface area contributed by atoms with Gasteiger partial charge in [-0.2, -0.15) is 0 Å². The predicted molar refractivity (Wildman–Crippen MR) is 64.5 cm³/mol. The van der Waals surface area contributed by atoms with E-state index in [2.05, 4.69) is 15.5 Å². The molecule has 0 radical (unpaired) electrons. The molecule has 2 heterocycles. The Hall–Kier alpha value is -2.37. The topological polar surface area (TPSA) is 88.2 Å². The first-order valence-electron chi connectivity index (χ1n) is 5.43. The molecule has 0 fully saturated rings. The molecule has 6 heteroatoms. The number of pyridine rings is 1. The molecule has 0 bridgehead atoms. The fraction of sp³-hybridized carbons (Fsp3) is 0.250. The minimum absolute atomic E-state index is 0.140. The summed E-state index contributed by atoms with van der Waals surface area (Å²) in [6.45, 7) is 3.97. The molecule has 2 aromatic rings. The summed E-state index contributed by atoms with van der Waals surface area (Å²) in [6.07, 6.45) is 0. The first kappa shape index (κ1) is 12.1. The minimum atomic E-state index is -1.01. The molecule has 0 aliphatic heterocycles. The summed E-state index contributed by atoms with van der Waals surface area (Å²) in [5.74, 6) is 0.0342. The molecule has 2 rings (SSSR count). The van der Waals surface area contributed by atoms with Crippen molar-refractivity contribution in [3.05, 3.63) is 40.9 Å². The van der Waals surface area contributed by atoms with Crippen molar-refractivity contribution in [2.24, 2.45) is 0 Å². The van der Waals surface area contributed by atoms with Gasteiger partial charge in [-0.3, -0.25) is 0 Å². The average molecular weight is 247 g/mol. The summed E-state index contributed by atoms with van der Waals surface area (Å²) in [4.78, 5) is 15.2. The number of aromatic carboxylic acids is 1. The molecule has 0 unspecified atom stereocenters. The Balaban J connectivity index is 2.17. The highest BCUT2D eigenvalue weighted by Gasteiger charge is 2.11. The molecule has 0 saturated heterocycles. The third-order valence-corrected chi connectivity index (χ3v) is 2.38. The summed E-state index contributed by atoms with van der Waals surface area (Å²) in [6, 6.07) is 4.97. The third-order valence-electron chi connectivity index (χ3n) is 2.38. The van der Waals surface area contributed by atoms with Gasteiger partial charge in [-0.25, -0.2) is 9.78 Å². The summed E-state index contributed by atoms with van der Waals surface area (Å²) >= 11 is 0. The van der Waals surface area contributed by atoms with E-state index < -0.39 is 5.97 Å². The van der Waals surface area contributed by atoms with Gasteiger partial charge < -0.3 is 14.9 Å². The molecule has 18 heavy (non-hydrogen) atoms. The van der Waals surface area contributed by atoms with Crippen LogP contribution >= 0.6 is 0 Å². The quantitative estimate of drug-likeness (QED) is 0.859. The number of anilines is 1. The van der Waals surface area contributed by atoms with Crippen molar-refractivity contribution in [3.63, 3.8) is 0 Å². The molecule has 94 valence electrons. The van der Waals surface area contributed by atoms with Crippen LogP contribution in [0.2, 0.25) is 0 Å². The highest BCUT2D eigenvalue weighted by Crippen LogP contribution is 2.14. The molecule has 0 atom stereocenters. The lowest BCUT2D eigenvalue weighted by Crippen LogP contribution is -2.09. The van der Waals surface area contributed by atoms with Gasteiger partial charge in [-0.05, 0) is 26.0 Å². The number of carboxylic acid groups (broad SMARTS) is 1. The summed E-state index contributed by atoms with van der Waals surface area (Å²) < 4.78 is 4.93. The Morgan fingerprint density at radius 3 is 2.83 bits per heavy atom. The van der Waals surface area contributed by atoms with E-state index in [-0.39, 0.29) is 5.56 Å². The van der Waals surface area contributed by atoms with E-state index in [1.807, 2.05) is 0 Å². The maximum atomic E-state index is 11.0. The molecule has 0 saturated carbocycles. The normalized spacial score (nSPS) is 10.3. The molecule has 2 aromatic heterocycles. The van der Waals surface area contributed by atoms with E-state index in [0.717, 1.165) is 5.69 Å². The van der Waals surface area contributed by atoms with Crippen LogP contribution in [0.15, 0.2) is 22.7 Å². The second-order valence-electron chi connectivity index (χ2n) is 3.94. The van der Waals surface area contributed by atoms with Crippen molar-refractivity contribution in [1.29, 1.82) is 0 Å². The van der Waals surface area contributed by atoms with Crippen LogP contribution in [-0.2, 0) is 6.54 Å². The van der Waals surface area contributed by atoms with Crippen LogP contribution in [-0.4, -0.2) is 21.2 Å². The lowest BCUT2D eigenvalue weighted by Gasteiger charge is -2.07. The smallest absolute Gasteiger partial charge is 0.339 e. The monoisotopic (exact) mass is 247 g/mol. The Morgan fingerprint density at radius 1 is 1.44 bits per heavy atom. The average Bonchev–Trinajstić information content (AvgIpc) is 2.72. The van der Waals surface area contributed by atoms with Gasteiger partial charge in [0.15, 0.2) is 0 Å². The van der Waals surface area contributed by atoms with Crippen LogP contribution in [0, 0.1) is 13.8 Å². The number of nitrogens with one attached hydrogen (secondary N) is 1. The highest BCUT2D eigenvalue weighted by molar-refractivity contribution is 5.93. The number of aryl methyl sites for hydroxylation is 2. The molecular formula is C12H13N3O3. The number of hydrogen-bond acceptors (Lipinski definition) is 5. The molecule has 0 aliphatic rings. The second-order valence-corrected chi connectivity index (χ2v) is 3.94. The first-order valence-corrected chi connectivity index (χ1v) is 5.43. The molecule has 6 nitrogen and oxygen atoms in total. The summed E-state index contributed by atoms with van der Waals surface area (Å²) in [5, 5.41) is 15.8. The highest BCUT2D eigenvalue weighted by atomic mass is 16.5. The van der Waals surface area contributed by atoms with Gasteiger partial charge in [-0.1, -0.05) is 5.16 Å². The number of aromatic nitrogens is 2. The molecule has 0 spiro atoms. The van der Waals surface area contributed by atoms with Crippen LogP contribution in [0.1, 0.15) is 27.5 Å². The zero-order valence-corrected chi connectivity index (χ0v) is 10.1. The zero-order valence-electron chi connectivity index (χ0n) is 10.1. The molecule has 0 aromatic carbocycles. The van der Waals surface area contributed by atoms with E-state index in [1.165, 1.54) is 6.07 Å². The Kier molecular flexibility index (Phi) is 3.27. The molecular weight excluding hydrogens is 234 g/mol. The molecule has 2 N–H and O–H groups in total. The van der Waals surface area contributed by atoms with E-state index in [9.17, 15) is 4.79 Å². The van der Waals surface area contributed by atoms with Gasteiger partial charge in [0, 0.05) is 11.8 Å². The number of carbonyl (C=O) groups is 1. The Bertz CT molecular complexity index is 578. The number of carboxylic acids is 1. The predicted octanol–water partition coefficient (Wildman–Crippen LogP) is 2.00. The Morgan fingerprint density at radius 2 is 2.22 bits per heavy atom. The van der Waals surface area contributed by atoms with Gasteiger partial charge in [0.2, 0.25) is 0 Å². The number of nitrogens with zero attached hydrogens (tertiary/aromatic N) is 2. The van der Waals surface area contributed by atoms with Crippen molar-refractivity contribution in [1.82, 2.24) is 10.1 Å². The van der Waals surface area contributed by atoms with Crippen LogP contribution in [0.5, 0.6) is 0 Å². The van der Waals surface area contributed by atoms with E-state index in [4.69, 9.17) is 9.63 Å². The summed E-state index contributed by atoms with van der Waals surface area (Å²) in [5.41, 5.74) is 1.59. The maximum Gasteiger partial charge on any atom is 0.339 e. The fourth-order valence-corrected chi connectivity index (χ4v) is 1.54. The number of hydrogen-bond donors (Lipinski definition) is 2. The zero-order chi connectivity index (χ0) is 13.1. The summed E-state index contributed by atoms with van der Waals surface area (Å²) in [7, 11) is 0. The van der Waals surface area contributed by atoms with Gasteiger partial charge in [-0.15, -0.1) is 0 Å². The maximum absolute atomic E-state index is 11.0. The number of rotatable bonds is 4. The van der Waals surface area contributed by atoms with Crippen molar-refractivity contribution in [3.8, 4) is 0 Å². The lowest BCUT2D eigenvalue weighted by atomic mass is 10.2. The van der Waals surface area contributed by atoms with E-state index in [1.54, 1.807) is 26.0 Å². The standard InChI is InChI=1S/C12H13N3O3/c1-7-3-4-10(12(16)17)11(14-7)13-6-9-5-8(2)18-15-9/h3-5H,6H2,1-2H3,(H,13,14)(H,16,17). The van der Waals surface area contributed by atoms with Crippen LogP contribution in [0.3, 0.4) is 0 Å². The SMILES string of the molecule is Cc1ccc(C(=O)O)c(NCc2cc(C)on2)n1. The lowest BCUT2D eigenvalue weighted by molar-refractivity contribution is 0.0697. The Labute approximate surface area is 104 Å². The fourth-order valence-electron chi connectivity index (χ4n) is 1.54. The second kappa shape index (κ2) is 4.87. The van der Waals surface area contributed by atoms with Crippen molar-refractivity contribution >= 4 is 11.8 Å². The van der Waals surface area contributed by atoms with Crippen LogP contribution in [0.4, 0.5) is 5.82 Å². The van der Waals surface area contributed by atoms with Gasteiger partial charge in [0.25, 0.3) is 0 Å². The van der Waals surface area contributed by atoms with E-state index >= 15 is 0 Å². The third kappa shape index (κ3) is 2.65. The van der Waals surface area contributed by atoms with Crippen molar-refractivity contribution in [2.45, 2.75) is 20.4 Å².